The minimum Gasteiger partial charge on any atom is -0.481 e. The van der Waals surface area contributed by atoms with Crippen molar-refractivity contribution in [2.45, 2.75) is 26.0 Å². The zero-order valence-electron chi connectivity index (χ0n) is 18.9. The number of hydrogen-bond acceptors (Lipinski definition) is 8. The molecule has 5 rings (SSSR count). The van der Waals surface area contributed by atoms with Crippen LogP contribution in [0.1, 0.15) is 28.6 Å². The number of aliphatic hydroxyl groups excluding tert-OH is 1. The van der Waals surface area contributed by atoms with E-state index in [0.717, 1.165) is 28.9 Å². The van der Waals surface area contributed by atoms with E-state index in [2.05, 4.69) is 16.3 Å². The first kappa shape index (κ1) is 22.7. The number of rotatable bonds is 5. The van der Waals surface area contributed by atoms with Crippen molar-refractivity contribution in [3.05, 3.63) is 64.3 Å². The molecule has 0 radical (unpaired) electrons. The van der Waals surface area contributed by atoms with Gasteiger partial charge in [0.1, 0.15) is 29.1 Å². The summed E-state index contributed by atoms with van der Waals surface area (Å²) in [6.07, 6.45) is 7.12. The number of aliphatic hydroxyl groups is 1. The summed E-state index contributed by atoms with van der Waals surface area (Å²) in [4.78, 5) is 5.82. The Kier molecular flexibility index (Phi) is 6.00. The lowest BCUT2D eigenvalue weighted by Crippen LogP contribution is -2.21. The monoisotopic (exact) mass is 488 g/mol. The smallest absolute Gasteiger partial charge is 0.179 e. The second-order valence-corrected chi connectivity index (χ2v) is 8.64. The molecule has 0 fully saturated rings. The Bertz CT molecular complexity index is 1480. The Balaban J connectivity index is 1.55. The number of nitrogens with zero attached hydrogens (tertiary/aromatic N) is 8. The van der Waals surface area contributed by atoms with Crippen LogP contribution >= 0.6 is 11.6 Å². The van der Waals surface area contributed by atoms with Crippen molar-refractivity contribution in [2.24, 2.45) is 0 Å². The molecule has 0 saturated heterocycles. The summed E-state index contributed by atoms with van der Waals surface area (Å²) in [5, 5.41) is 37.9. The van der Waals surface area contributed by atoms with Crippen molar-refractivity contribution in [3.63, 3.8) is 0 Å². The topological polar surface area (TPSA) is 128 Å². The quantitative estimate of drug-likeness (QED) is 0.424. The molecule has 11 heteroatoms. The second kappa shape index (κ2) is 9.26. The van der Waals surface area contributed by atoms with E-state index in [-0.39, 0.29) is 12.3 Å². The molecule has 10 nitrogen and oxygen atoms in total. The first-order valence-corrected chi connectivity index (χ1v) is 11.4. The van der Waals surface area contributed by atoms with Crippen LogP contribution < -0.4 is 4.74 Å². The van der Waals surface area contributed by atoms with E-state index in [4.69, 9.17) is 26.7 Å². The Morgan fingerprint density at radius 2 is 2.09 bits per heavy atom. The zero-order chi connectivity index (χ0) is 24.5. The molecule has 1 aliphatic rings. The second-order valence-electron chi connectivity index (χ2n) is 8.24. The third-order valence-corrected chi connectivity index (χ3v) is 6.45. The number of aromatic nitrogens is 5. The van der Waals surface area contributed by atoms with Crippen molar-refractivity contribution >= 4 is 17.1 Å². The molecule has 1 atom stereocenters. The third-order valence-electron chi connectivity index (χ3n) is 6.18. The number of fused-ring (bicyclic) bond motifs is 2. The van der Waals surface area contributed by atoms with Crippen LogP contribution in [0, 0.1) is 29.7 Å². The maximum Gasteiger partial charge on any atom is 0.179 e. The van der Waals surface area contributed by atoms with Gasteiger partial charge in [-0.15, -0.1) is 0 Å². The fraction of sp³-hybridized carbons (Fsp3) is 0.292. The van der Waals surface area contributed by atoms with E-state index in [0.29, 0.717) is 41.5 Å². The number of pyridine rings is 2. The predicted octanol–water partition coefficient (Wildman–Crippen LogP) is 2.88. The Hall–Kier alpha value is -4.12. The van der Waals surface area contributed by atoms with Crippen molar-refractivity contribution in [1.82, 2.24) is 29.3 Å². The van der Waals surface area contributed by atoms with Gasteiger partial charge < -0.3 is 14.7 Å². The van der Waals surface area contributed by atoms with Crippen LogP contribution in [0.25, 0.3) is 16.8 Å². The molecule has 0 bridgehead atoms. The lowest BCUT2D eigenvalue weighted by molar-refractivity contribution is 0.117. The SMILES string of the molecule is Cc1c(-c2cc(OC(CO)c3ccc(C#N)nc3)c3c(Cl)cnn3c2)nn2c1CCN(C#N)CC2. The van der Waals surface area contributed by atoms with Crippen LogP contribution in [0.4, 0.5) is 0 Å². The normalized spacial score (nSPS) is 14.1. The molecule has 4 aromatic rings. The highest BCUT2D eigenvalue weighted by molar-refractivity contribution is 6.34. The van der Waals surface area contributed by atoms with E-state index in [1.807, 2.05) is 29.9 Å². The molecule has 1 N–H and O–H groups in total. The molecule has 176 valence electrons. The first-order valence-electron chi connectivity index (χ1n) is 11.0. The molecule has 4 aromatic heterocycles. The lowest BCUT2D eigenvalue weighted by Gasteiger charge is -2.18. The van der Waals surface area contributed by atoms with Crippen LogP contribution in [0.5, 0.6) is 5.75 Å². The Morgan fingerprint density at radius 1 is 1.23 bits per heavy atom. The molecule has 5 heterocycles. The van der Waals surface area contributed by atoms with Gasteiger partial charge in [0.25, 0.3) is 0 Å². The van der Waals surface area contributed by atoms with E-state index >= 15 is 0 Å². The van der Waals surface area contributed by atoms with Crippen LogP contribution in [0.15, 0.2) is 36.8 Å². The molecule has 1 unspecified atom stereocenters. The number of hydrogen-bond donors (Lipinski definition) is 1. The van der Waals surface area contributed by atoms with Gasteiger partial charge in [-0.3, -0.25) is 4.68 Å². The molecular weight excluding hydrogens is 468 g/mol. The van der Waals surface area contributed by atoms with Crippen LogP contribution in [-0.4, -0.2) is 54.1 Å². The summed E-state index contributed by atoms with van der Waals surface area (Å²) in [5.74, 6) is 0.437. The Labute approximate surface area is 206 Å². The molecule has 0 amide bonds. The average Bonchev–Trinajstić information content (AvgIpc) is 3.33. The molecule has 0 saturated carbocycles. The highest BCUT2D eigenvalue weighted by atomic mass is 35.5. The van der Waals surface area contributed by atoms with Crippen molar-refractivity contribution in [2.75, 3.05) is 19.7 Å². The molecule has 0 aromatic carbocycles. The maximum absolute atomic E-state index is 10.1. The number of halogens is 1. The van der Waals surface area contributed by atoms with Gasteiger partial charge in [0, 0.05) is 48.7 Å². The number of ether oxygens (including phenoxy) is 1. The van der Waals surface area contributed by atoms with E-state index in [9.17, 15) is 10.4 Å². The van der Waals surface area contributed by atoms with Crippen LogP contribution in [-0.2, 0) is 13.0 Å². The van der Waals surface area contributed by atoms with Gasteiger partial charge in [-0.2, -0.15) is 20.7 Å². The molecule has 35 heavy (non-hydrogen) atoms. The lowest BCUT2D eigenvalue weighted by atomic mass is 10.1. The summed E-state index contributed by atoms with van der Waals surface area (Å²) >= 11 is 6.42. The minimum absolute atomic E-state index is 0.279. The molecule has 0 spiro atoms. The standard InChI is InChI=1S/C24H21ClN8O2/c1-15-20-4-5-31(14-27)6-7-32(20)30-23(15)17-8-21(24-19(25)11-29-33(24)12-17)35-22(13-34)16-2-3-18(9-26)28-10-16/h2-3,8,10-12,22,34H,4-7,13H2,1H3. The van der Waals surface area contributed by atoms with Crippen molar-refractivity contribution in [3.8, 4) is 29.3 Å². The van der Waals surface area contributed by atoms with Gasteiger partial charge >= 0.3 is 0 Å². The van der Waals surface area contributed by atoms with E-state index < -0.39 is 6.10 Å². The van der Waals surface area contributed by atoms with Gasteiger partial charge in [0.15, 0.2) is 6.19 Å². The third kappa shape index (κ3) is 4.14. The fourth-order valence-electron chi connectivity index (χ4n) is 4.32. The van der Waals surface area contributed by atoms with Gasteiger partial charge in [0.05, 0.1) is 30.1 Å². The first-order chi connectivity index (χ1) is 17.0. The fourth-order valence-corrected chi connectivity index (χ4v) is 4.55. The molecule has 1 aliphatic heterocycles. The van der Waals surface area contributed by atoms with E-state index in [1.54, 1.807) is 21.5 Å². The van der Waals surface area contributed by atoms with Gasteiger partial charge in [-0.1, -0.05) is 17.7 Å². The van der Waals surface area contributed by atoms with Crippen molar-refractivity contribution < 1.29 is 9.84 Å². The summed E-state index contributed by atoms with van der Waals surface area (Å²) < 4.78 is 9.83. The van der Waals surface area contributed by atoms with Crippen LogP contribution in [0.2, 0.25) is 5.02 Å². The van der Waals surface area contributed by atoms with Gasteiger partial charge in [-0.05, 0) is 24.6 Å². The average molecular weight is 489 g/mol. The zero-order valence-corrected chi connectivity index (χ0v) is 19.6. The summed E-state index contributed by atoms with van der Waals surface area (Å²) in [6.45, 7) is 3.62. The summed E-state index contributed by atoms with van der Waals surface area (Å²) in [7, 11) is 0. The number of nitriles is 2. The largest absolute Gasteiger partial charge is 0.481 e. The molecular formula is C24H21ClN8O2. The Morgan fingerprint density at radius 3 is 2.80 bits per heavy atom. The highest BCUT2D eigenvalue weighted by Gasteiger charge is 2.23. The summed E-state index contributed by atoms with van der Waals surface area (Å²) in [5.41, 5.74) is 5.18. The minimum atomic E-state index is -0.725. The van der Waals surface area contributed by atoms with Gasteiger partial charge in [-0.25, -0.2) is 9.50 Å². The molecule has 0 aliphatic carbocycles. The van der Waals surface area contributed by atoms with Crippen LogP contribution in [0.3, 0.4) is 0 Å². The maximum atomic E-state index is 10.1. The highest BCUT2D eigenvalue weighted by Crippen LogP contribution is 2.36. The van der Waals surface area contributed by atoms with Crippen molar-refractivity contribution in [1.29, 1.82) is 10.5 Å². The van der Waals surface area contributed by atoms with E-state index in [1.165, 1.54) is 12.4 Å². The van der Waals surface area contributed by atoms with Gasteiger partial charge in [0.2, 0.25) is 0 Å². The summed E-state index contributed by atoms with van der Waals surface area (Å²) in [6, 6.07) is 7.10. The predicted molar refractivity (Wildman–Crippen MR) is 126 cm³/mol.